The molecule has 0 aromatic heterocycles. The summed E-state index contributed by atoms with van der Waals surface area (Å²) in [5.74, 6) is 0.199. The fourth-order valence-corrected chi connectivity index (χ4v) is 3.86. The van der Waals surface area contributed by atoms with E-state index in [-0.39, 0.29) is 42.1 Å². The van der Waals surface area contributed by atoms with Gasteiger partial charge in [-0.05, 0) is 36.8 Å². The first-order valence-corrected chi connectivity index (χ1v) is 9.35. The van der Waals surface area contributed by atoms with E-state index in [1.807, 2.05) is 18.2 Å². The number of nitrogens with zero attached hydrogens (tertiary/aromatic N) is 1. The minimum atomic E-state index is -0.148. The Kier molecular flexibility index (Phi) is 5.59. The maximum Gasteiger partial charge on any atom is 0.254 e. The van der Waals surface area contributed by atoms with Gasteiger partial charge in [-0.25, -0.2) is 0 Å². The van der Waals surface area contributed by atoms with Gasteiger partial charge in [-0.1, -0.05) is 32.0 Å². The molecular weight excluding hydrogens is 330 g/mol. The maximum atomic E-state index is 12.7. The normalized spacial score (nSPS) is 25.4. The van der Waals surface area contributed by atoms with Crippen molar-refractivity contribution in [2.75, 3.05) is 19.6 Å². The third-order valence-electron chi connectivity index (χ3n) is 5.19. The van der Waals surface area contributed by atoms with Gasteiger partial charge in [0.05, 0.1) is 6.54 Å². The van der Waals surface area contributed by atoms with E-state index in [4.69, 9.17) is 0 Å². The largest absolute Gasteiger partial charge is 0.356 e. The summed E-state index contributed by atoms with van der Waals surface area (Å²) in [4.78, 5) is 39.0. The van der Waals surface area contributed by atoms with Crippen LogP contribution in [0.5, 0.6) is 0 Å². The van der Waals surface area contributed by atoms with Gasteiger partial charge in [-0.2, -0.15) is 0 Å². The van der Waals surface area contributed by atoms with Crippen molar-refractivity contribution in [1.82, 2.24) is 15.5 Å². The van der Waals surface area contributed by atoms with E-state index < -0.39 is 0 Å². The van der Waals surface area contributed by atoms with Crippen LogP contribution >= 0.6 is 0 Å². The van der Waals surface area contributed by atoms with Crippen LogP contribution in [0.15, 0.2) is 30.3 Å². The highest BCUT2D eigenvalue weighted by Crippen LogP contribution is 2.33. The molecule has 1 aliphatic heterocycles. The number of carbonyl (C=O) groups excluding carboxylic acids is 3. The van der Waals surface area contributed by atoms with Crippen LogP contribution in [0.2, 0.25) is 0 Å². The number of nitrogens with one attached hydrogen (secondary N) is 2. The molecule has 1 saturated heterocycles. The average molecular weight is 357 g/mol. The van der Waals surface area contributed by atoms with E-state index >= 15 is 0 Å². The van der Waals surface area contributed by atoms with Gasteiger partial charge in [-0.15, -0.1) is 0 Å². The highest BCUT2D eigenvalue weighted by Gasteiger charge is 2.42. The molecule has 140 valence electrons. The molecule has 0 spiro atoms. The van der Waals surface area contributed by atoms with Gasteiger partial charge in [0.1, 0.15) is 0 Å². The average Bonchev–Trinajstić information content (AvgIpc) is 2.94. The smallest absolute Gasteiger partial charge is 0.254 e. The molecule has 1 heterocycles. The van der Waals surface area contributed by atoms with E-state index in [1.54, 1.807) is 17.0 Å². The lowest BCUT2D eigenvalue weighted by atomic mass is 10.0. The van der Waals surface area contributed by atoms with Gasteiger partial charge >= 0.3 is 0 Å². The lowest BCUT2D eigenvalue weighted by Crippen LogP contribution is -2.39. The Morgan fingerprint density at radius 2 is 1.96 bits per heavy atom. The number of fused-ring (bicyclic) bond motifs is 1. The Labute approximate surface area is 154 Å². The van der Waals surface area contributed by atoms with E-state index in [2.05, 4.69) is 24.5 Å². The summed E-state index contributed by atoms with van der Waals surface area (Å²) in [6.07, 6.45) is 1.35. The number of hydrogen-bond acceptors (Lipinski definition) is 3. The van der Waals surface area contributed by atoms with E-state index in [0.29, 0.717) is 37.4 Å². The molecule has 2 fully saturated rings. The Morgan fingerprint density at radius 1 is 1.23 bits per heavy atom. The Bertz CT molecular complexity index is 674. The number of rotatable bonds is 4. The van der Waals surface area contributed by atoms with Crippen molar-refractivity contribution >= 4 is 17.7 Å². The number of hydrogen-bond donors (Lipinski definition) is 2. The van der Waals surface area contributed by atoms with Crippen LogP contribution in [0.25, 0.3) is 0 Å². The van der Waals surface area contributed by atoms with Crippen LogP contribution < -0.4 is 10.6 Å². The molecule has 1 aromatic carbocycles. The van der Waals surface area contributed by atoms with Crippen LogP contribution in [0.4, 0.5) is 0 Å². The molecule has 26 heavy (non-hydrogen) atoms. The quantitative estimate of drug-likeness (QED) is 0.856. The third-order valence-corrected chi connectivity index (χ3v) is 5.19. The first kappa shape index (κ1) is 18.4. The van der Waals surface area contributed by atoms with Crippen molar-refractivity contribution in [2.24, 2.45) is 17.8 Å². The van der Waals surface area contributed by atoms with Crippen LogP contribution in [0.1, 0.15) is 37.0 Å². The summed E-state index contributed by atoms with van der Waals surface area (Å²) < 4.78 is 0. The first-order chi connectivity index (χ1) is 12.4. The Balaban J connectivity index is 1.67. The summed E-state index contributed by atoms with van der Waals surface area (Å²) >= 11 is 0. The first-order valence-electron chi connectivity index (χ1n) is 9.35. The highest BCUT2D eigenvalue weighted by molar-refractivity contribution is 5.96. The van der Waals surface area contributed by atoms with Crippen molar-refractivity contribution < 1.29 is 14.4 Å². The van der Waals surface area contributed by atoms with Gasteiger partial charge in [0, 0.05) is 30.6 Å². The number of carbonyl (C=O) groups is 3. The van der Waals surface area contributed by atoms with Crippen LogP contribution in [-0.2, 0) is 9.59 Å². The van der Waals surface area contributed by atoms with Crippen LogP contribution in [-0.4, -0.2) is 48.3 Å². The zero-order valence-electron chi connectivity index (χ0n) is 15.4. The molecule has 6 nitrogen and oxygen atoms in total. The second-order valence-electron chi connectivity index (χ2n) is 7.79. The molecule has 2 aliphatic rings. The van der Waals surface area contributed by atoms with Crippen molar-refractivity contribution in [3.8, 4) is 0 Å². The van der Waals surface area contributed by atoms with Crippen molar-refractivity contribution in [2.45, 2.75) is 32.7 Å². The van der Waals surface area contributed by atoms with E-state index in [0.717, 1.165) is 0 Å². The molecule has 0 bridgehead atoms. The van der Waals surface area contributed by atoms with E-state index in [1.165, 1.54) is 0 Å². The third kappa shape index (κ3) is 4.23. The minimum Gasteiger partial charge on any atom is -0.356 e. The summed E-state index contributed by atoms with van der Waals surface area (Å²) in [7, 11) is 0. The molecule has 1 aromatic rings. The lowest BCUT2D eigenvalue weighted by Gasteiger charge is -2.23. The predicted octanol–water partition coefficient (Wildman–Crippen LogP) is 1.43. The SMILES string of the molecule is CC(C)CNC(=O)[C@H]1C[C@@H]2CN(C(=O)c3ccccc3)CC(=O)N[C@@H]2C1. The fourth-order valence-electron chi connectivity index (χ4n) is 3.86. The molecule has 6 heteroatoms. The maximum absolute atomic E-state index is 12.7. The summed E-state index contributed by atoms with van der Waals surface area (Å²) in [5.41, 5.74) is 0.586. The Morgan fingerprint density at radius 3 is 2.65 bits per heavy atom. The van der Waals surface area contributed by atoms with Crippen molar-refractivity contribution in [3.63, 3.8) is 0 Å². The number of benzene rings is 1. The molecule has 3 amide bonds. The monoisotopic (exact) mass is 357 g/mol. The summed E-state index contributed by atoms with van der Waals surface area (Å²) in [6, 6.07) is 8.99. The van der Waals surface area contributed by atoms with Gasteiger partial charge in [0.25, 0.3) is 5.91 Å². The summed E-state index contributed by atoms with van der Waals surface area (Å²) in [5, 5.41) is 6.00. The van der Waals surface area contributed by atoms with Crippen molar-refractivity contribution in [3.05, 3.63) is 35.9 Å². The standard InChI is InChI=1S/C20H27N3O3/c1-13(2)10-21-19(25)15-8-16-11-23(12-18(24)22-17(16)9-15)20(26)14-6-4-3-5-7-14/h3-7,13,15-17H,8-12H2,1-2H3,(H,21,25)(H,22,24)/t15-,16+,17+/m0/s1. The minimum absolute atomic E-state index is 0.0362. The molecule has 2 N–H and O–H groups in total. The van der Waals surface area contributed by atoms with Crippen molar-refractivity contribution in [1.29, 1.82) is 0 Å². The van der Waals surface area contributed by atoms with E-state index in [9.17, 15) is 14.4 Å². The summed E-state index contributed by atoms with van der Waals surface area (Å²) in [6.45, 7) is 5.37. The topological polar surface area (TPSA) is 78.5 Å². The molecule has 0 radical (unpaired) electrons. The zero-order chi connectivity index (χ0) is 18.7. The van der Waals surface area contributed by atoms with Gasteiger partial charge in [0.2, 0.25) is 11.8 Å². The number of amides is 3. The molecule has 3 rings (SSSR count). The van der Waals surface area contributed by atoms with Gasteiger partial charge < -0.3 is 15.5 Å². The molecule has 0 unspecified atom stereocenters. The second-order valence-corrected chi connectivity index (χ2v) is 7.79. The lowest BCUT2D eigenvalue weighted by molar-refractivity contribution is -0.125. The fraction of sp³-hybridized carbons (Fsp3) is 0.550. The Hall–Kier alpha value is -2.37. The van der Waals surface area contributed by atoms with Gasteiger partial charge in [0.15, 0.2) is 0 Å². The molecule has 1 saturated carbocycles. The molecule has 3 atom stereocenters. The highest BCUT2D eigenvalue weighted by atomic mass is 16.2. The second kappa shape index (κ2) is 7.89. The molecular formula is C20H27N3O3. The van der Waals surface area contributed by atoms with Crippen LogP contribution in [0, 0.1) is 17.8 Å². The van der Waals surface area contributed by atoms with Gasteiger partial charge in [-0.3, -0.25) is 14.4 Å². The van der Waals surface area contributed by atoms with Crippen LogP contribution in [0.3, 0.4) is 0 Å². The predicted molar refractivity (Wildman–Crippen MR) is 98.3 cm³/mol. The zero-order valence-corrected chi connectivity index (χ0v) is 15.4. The molecule has 1 aliphatic carbocycles.